The van der Waals surface area contributed by atoms with Crippen LogP contribution in [0.2, 0.25) is 0 Å². The molecule has 7 heteroatoms. The summed E-state index contributed by atoms with van der Waals surface area (Å²) in [7, 11) is 0. The first-order valence-electron chi connectivity index (χ1n) is 9.65. The number of benzene rings is 2. The van der Waals surface area contributed by atoms with Gasteiger partial charge in [-0.05, 0) is 35.9 Å². The number of rotatable bonds is 6. The molecule has 30 heavy (non-hydrogen) atoms. The van der Waals surface area contributed by atoms with Crippen molar-refractivity contribution in [2.45, 2.75) is 18.9 Å². The van der Waals surface area contributed by atoms with Gasteiger partial charge in [0.15, 0.2) is 0 Å². The van der Waals surface area contributed by atoms with Crippen LogP contribution in [0.15, 0.2) is 77.4 Å². The van der Waals surface area contributed by atoms with Crippen LogP contribution in [-0.4, -0.2) is 29.2 Å². The molecule has 7 nitrogen and oxygen atoms in total. The lowest BCUT2D eigenvalue weighted by Gasteiger charge is -2.30. The van der Waals surface area contributed by atoms with Crippen molar-refractivity contribution in [1.29, 1.82) is 0 Å². The first-order chi connectivity index (χ1) is 14.6. The number of nitrogens with zero attached hydrogens (tertiary/aromatic N) is 1. The Morgan fingerprint density at radius 2 is 1.80 bits per heavy atom. The van der Waals surface area contributed by atoms with Crippen molar-refractivity contribution in [3.63, 3.8) is 0 Å². The number of furan rings is 1. The second kappa shape index (κ2) is 8.65. The molecule has 0 spiro atoms. The fourth-order valence-corrected chi connectivity index (χ4v) is 3.55. The molecule has 152 valence electrons. The lowest BCUT2D eigenvalue weighted by atomic mass is 9.89. The molecular formula is C23H21N3O4. The van der Waals surface area contributed by atoms with E-state index in [2.05, 4.69) is 10.6 Å². The smallest absolute Gasteiger partial charge is 0.244 e. The molecule has 0 saturated heterocycles. The summed E-state index contributed by atoms with van der Waals surface area (Å²) in [6.07, 6.45) is 1.55. The average Bonchev–Trinajstić information content (AvgIpc) is 3.26. The maximum Gasteiger partial charge on any atom is 0.244 e. The van der Waals surface area contributed by atoms with Crippen molar-refractivity contribution in [2.24, 2.45) is 0 Å². The number of fused-ring (bicyclic) bond motifs is 1. The highest BCUT2D eigenvalue weighted by Crippen LogP contribution is 2.33. The van der Waals surface area contributed by atoms with Crippen LogP contribution in [0.25, 0.3) is 0 Å². The molecule has 2 heterocycles. The SMILES string of the molecule is O=C(CN(Cc1ccco1)C(=O)C1CC(=O)Nc2ccccc21)Nc1ccccc1. The minimum absolute atomic E-state index is 0.0325. The topological polar surface area (TPSA) is 91.7 Å². The molecule has 0 bridgehead atoms. The third-order valence-electron chi connectivity index (χ3n) is 4.93. The summed E-state index contributed by atoms with van der Waals surface area (Å²) in [5.41, 5.74) is 2.02. The summed E-state index contributed by atoms with van der Waals surface area (Å²) in [6, 6.07) is 19.7. The zero-order valence-corrected chi connectivity index (χ0v) is 16.2. The molecule has 1 aliphatic rings. The number of anilines is 2. The van der Waals surface area contributed by atoms with Gasteiger partial charge in [-0.1, -0.05) is 36.4 Å². The maximum absolute atomic E-state index is 13.4. The van der Waals surface area contributed by atoms with E-state index >= 15 is 0 Å². The van der Waals surface area contributed by atoms with Crippen LogP contribution in [0.3, 0.4) is 0 Å². The molecule has 1 unspecified atom stereocenters. The number of para-hydroxylation sites is 2. The van der Waals surface area contributed by atoms with E-state index in [1.165, 1.54) is 11.2 Å². The molecule has 3 aromatic rings. The second-order valence-electron chi connectivity index (χ2n) is 7.08. The maximum atomic E-state index is 13.4. The van der Waals surface area contributed by atoms with Crippen LogP contribution in [-0.2, 0) is 20.9 Å². The van der Waals surface area contributed by atoms with Crippen LogP contribution in [0.4, 0.5) is 11.4 Å². The number of hydrogen-bond donors (Lipinski definition) is 2. The van der Waals surface area contributed by atoms with Gasteiger partial charge in [0.2, 0.25) is 17.7 Å². The monoisotopic (exact) mass is 403 g/mol. The summed E-state index contributed by atoms with van der Waals surface area (Å²) in [6.45, 7) is -0.0248. The van der Waals surface area contributed by atoms with E-state index in [-0.39, 0.29) is 37.2 Å². The van der Waals surface area contributed by atoms with E-state index in [1.54, 1.807) is 36.4 Å². The van der Waals surface area contributed by atoms with Gasteiger partial charge in [-0.15, -0.1) is 0 Å². The van der Waals surface area contributed by atoms with Crippen molar-refractivity contribution in [1.82, 2.24) is 4.90 Å². The Morgan fingerprint density at radius 1 is 1.03 bits per heavy atom. The fourth-order valence-electron chi connectivity index (χ4n) is 3.55. The van der Waals surface area contributed by atoms with E-state index in [0.717, 1.165) is 5.56 Å². The second-order valence-corrected chi connectivity index (χ2v) is 7.08. The number of nitrogens with one attached hydrogen (secondary N) is 2. The zero-order chi connectivity index (χ0) is 20.9. The first-order valence-corrected chi connectivity index (χ1v) is 9.65. The molecule has 4 rings (SSSR count). The van der Waals surface area contributed by atoms with Gasteiger partial charge in [-0.25, -0.2) is 0 Å². The van der Waals surface area contributed by atoms with Crippen molar-refractivity contribution in [3.8, 4) is 0 Å². The van der Waals surface area contributed by atoms with Gasteiger partial charge in [0.25, 0.3) is 0 Å². The van der Waals surface area contributed by atoms with Gasteiger partial charge in [-0.2, -0.15) is 0 Å². The normalized spacial score (nSPS) is 15.1. The van der Waals surface area contributed by atoms with Crippen LogP contribution in [0.1, 0.15) is 23.7 Å². The number of hydrogen-bond acceptors (Lipinski definition) is 4. The summed E-state index contributed by atoms with van der Waals surface area (Å²) in [5, 5.41) is 5.59. The molecule has 1 aromatic heterocycles. The molecule has 2 aromatic carbocycles. The standard InChI is InChI=1S/C23H21N3O4/c27-21-13-19(18-10-4-5-11-20(18)25-21)23(29)26(14-17-9-6-12-30-17)15-22(28)24-16-7-2-1-3-8-16/h1-12,19H,13-15H2,(H,24,28)(H,25,27). The highest BCUT2D eigenvalue weighted by Gasteiger charge is 2.34. The van der Waals surface area contributed by atoms with E-state index in [1.807, 2.05) is 30.3 Å². The fraction of sp³-hybridized carbons (Fsp3) is 0.174. The quantitative estimate of drug-likeness (QED) is 0.660. The molecule has 0 saturated carbocycles. The predicted molar refractivity (Wildman–Crippen MR) is 112 cm³/mol. The predicted octanol–water partition coefficient (Wildman–Crippen LogP) is 3.37. The summed E-state index contributed by atoms with van der Waals surface area (Å²) < 4.78 is 5.39. The van der Waals surface area contributed by atoms with Gasteiger partial charge in [-0.3, -0.25) is 14.4 Å². The Hall–Kier alpha value is -3.87. The lowest BCUT2D eigenvalue weighted by molar-refractivity contribution is -0.138. The minimum Gasteiger partial charge on any atom is -0.467 e. The lowest BCUT2D eigenvalue weighted by Crippen LogP contribution is -2.42. The Kier molecular flexibility index (Phi) is 5.61. The van der Waals surface area contributed by atoms with Crippen LogP contribution in [0, 0.1) is 0 Å². The van der Waals surface area contributed by atoms with Crippen LogP contribution < -0.4 is 10.6 Å². The highest BCUT2D eigenvalue weighted by molar-refractivity contribution is 6.02. The van der Waals surface area contributed by atoms with E-state index < -0.39 is 5.92 Å². The van der Waals surface area contributed by atoms with Crippen molar-refractivity contribution in [3.05, 3.63) is 84.3 Å². The van der Waals surface area contributed by atoms with Crippen molar-refractivity contribution < 1.29 is 18.8 Å². The van der Waals surface area contributed by atoms with Gasteiger partial charge in [0, 0.05) is 17.8 Å². The third kappa shape index (κ3) is 4.41. The first kappa shape index (κ1) is 19.4. The van der Waals surface area contributed by atoms with Crippen LogP contribution in [0.5, 0.6) is 0 Å². The molecule has 0 radical (unpaired) electrons. The van der Waals surface area contributed by atoms with E-state index in [9.17, 15) is 14.4 Å². The Labute approximate surface area is 173 Å². The molecule has 1 atom stereocenters. The van der Waals surface area contributed by atoms with Gasteiger partial charge >= 0.3 is 0 Å². The number of amides is 3. The van der Waals surface area contributed by atoms with Gasteiger partial charge < -0.3 is 20.0 Å². The Bertz CT molecular complexity index is 1050. The molecule has 1 aliphatic heterocycles. The highest BCUT2D eigenvalue weighted by atomic mass is 16.3. The average molecular weight is 403 g/mol. The van der Waals surface area contributed by atoms with Gasteiger partial charge in [0.1, 0.15) is 12.3 Å². The Morgan fingerprint density at radius 3 is 2.57 bits per heavy atom. The van der Waals surface area contributed by atoms with Crippen molar-refractivity contribution >= 4 is 29.1 Å². The Balaban J connectivity index is 1.57. The van der Waals surface area contributed by atoms with Crippen molar-refractivity contribution in [2.75, 3.05) is 17.2 Å². The molecule has 3 amide bonds. The zero-order valence-electron chi connectivity index (χ0n) is 16.2. The van der Waals surface area contributed by atoms with Gasteiger partial charge in [0.05, 0.1) is 18.7 Å². The third-order valence-corrected chi connectivity index (χ3v) is 4.93. The summed E-state index contributed by atoms with van der Waals surface area (Å²) >= 11 is 0. The summed E-state index contributed by atoms with van der Waals surface area (Å²) in [5.74, 6) is -0.941. The number of carbonyl (C=O) groups is 3. The molecule has 2 N–H and O–H groups in total. The largest absolute Gasteiger partial charge is 0.467 e. The van der Waals surface area contributed by atoms with E-state index in [4.69, 9.17) is 4.42 Å². The minimum atomic E-state index is -0.658. The molecule has 0 aliphatic carbocycles. The van der Waals surface area contributed by atoms with Crippen LogP contribution >= 0.6 is 0 Å². The van der Waals surface area contributed by atoms with E-state index in [0.29, 0.717) is 17.1 Å². The summed E-state index contributed by atoms with van der Waals surface area (Å²) in [4.78, 5) is 39.7. The number of carbonyl (C=O) groups excluding carboxylic acids is 3. The molecular weight excluding hydrogens is 382 g/mol. The molecule has 0 fully saturated rings.